The van der Waals surface area contributed by atoms with Gasteiger partial charge in [-0.3, -0.25) is 0 Å². The highest BCUT2D eigenvalue weighted by atomic mass is 32.1. The predicted octanol–water partition coefficient (Wildman–Crippen LogP) is 1.53. The number of rotatable bonds is 5. The van der Waals surface area contributed by atoms with Crippen molar-refractivity contribution in [2.45, 2.75) is 20.3 Å². The Morgan fingerprint density at radius 3 is 3.00 bits per heavy atom. The molecule has 0 aliphatic heterocycles. The molecule has 0 saturated carbocycles. The first-order valence-corrected chi connectivity index (χ1v) is 5.19. The Balaban J connectivity index is 2.51. The van der Waals surface area contributed by atoms with Gasteiger partial charge in [-0.25, -0.2) is 4.98 Å². The fourth-order valence-electron chi connectivity index (χ4n) is 0.863. The van der Waals surface area contributed by atoms with Gasteiger partial charge in [0.1, 0.15) is 12.4 Å². The molecule has 78 valence electrons. The van der Waals surface area contributed by atoms with Gasteiger partial charge in [0.25, 0.3) is 0 Å². The molecule has 0 fully saturated rings. The molecule has 0 saturated heterocycles. The van der Waals surface area contributed by atoms with Gasteiger partial charge in [0.15, 0.2) is 0 Å². The van der Waals surface area contributed by atoms with Crippen molar-refractivity contribution in [3.05, 3.63) is 5.82 Å². The van der Waals surface area contributed by atoms with E-state index in [1.807, 2.05) is 20.9 Å². The number of hydrogen-bond acceptors (Lipinski definition) is 6. The van der Waals surface area contributed by atoms with Gasteiger partial charge in [-0.15, -0.1) is 0 Å². The van der Waals surface area contributed by atoms with Crippen LogP contribution in [0.1, 0.15) is 19.7 Å². The first-order chi connectivity index (χ1) is 6.76. The quantitative estimate of drug-likeness (QED) is 0.596. The third-order valence-electron chi connectivity index (χ3n) is 1.45. The largest absolute Gasteiger partial charge is 0.396 e. The zero-order valence-corrected chi connectivity index (χ0v) is 9.39. The maximum Gasteiger partial charge on any atom is 0.202 e. The van der Waals surface area contributed by atoms with E-state index >= 15 is 0 Å². The Morgan fingerprint density at radius 2 is 2.43 bits per heavy atom. The van der Waals surface area contributed by atoms with Crippen LogP contribution >= 0.6 is 11.5 Å². The molecule has 0 aliphatic carbocycles. The molecule has 0 radical (unpaired) electrons. The molecule has 1 aromatic heterocycles. The van der Waals surface area contributed by atoms with Crippen molar-refractivity contribution in [1.29, 1.82) is 0 Å². The van der Waals surface area contributed by atoms with E-state index in [9.17, 15) is 0 Å². The zero-order valence-electron chi connectivity index (χ0n) is 8.57. The molecule has 14 heavy (non-hydrogen) atoms. The molecule has 0 aliphatic rings. The van der Waals surface area contributed by atoms with Gasteiger partial charge >= 0.3 is 0 Å². The molecule has 0 amide bonds. The summed E-state index contributed by atoms with van der Waals surface area (Å²) in [6.07, 6.45) is 0.637. The summed E-state index contributed by atoms with van der Waals surface area (Å²) in [6.45, 7) is 4.39. The Hall–Kier alpha value is -1.17. The van der Waals surface area contributed by atoms with Crippen LogP contribution in [0, 0.1) is 0 Å². The summed E-state index contributed by atoms with van der Waals surface area (Å²) in [7, 11) is 1.82. The molecule has 1 aromatic rings. The van der Waals surface area contributed by atoms with Crippen molar-refractivity contribution in [2.75, 3.05) is 19.0 Å². The summed E-state index contributed by atoms with van der Waals surface area (Å²) in [5.41, 5.74) is 0.882. The summed E-state index contributed by atoms with van der Waals surface area (Å²) in [6, 6.07) is 0. The standard InChI is InChI=1S/C8H14N4OS/c1-4-13-11-6(2)5-7-10-8(9-3)14-12-7/h4-5H2,1-3H3,(H,9,10,12)/b11-6-. The maximum atomic E-state index is 4.92. The fraction of sp³-hybridized carbons (Fsp3) is 0.625. The van der Waals surface area contributed by atoms with Crippen molar-refractivity contribution in [2.24, 2.45) is 5.16 Å². The summed E-state index contributed by atoms with van der Waals surface area (Å²) < 4.78 is 4.17. The van der Waals surface area contributed by atoms with Crippen LogP contribution in [0.2, 0.25) is 0 Å². The smallest absolute Gasteiger partial charge is 0.202 e. The van der Waals surface area contributed by atoms with E-state index in [2.05, 4.69) is 19.8 Å². The lowest BCUT2D eigenvalue weighted by Gasteiger charge is -1.96. The van der Waals surface area contributed by atoms with Crippen molar-refractivity contribution in [3.63, 3.8) is 0 Å². The van der Waals surface area contributed by atoms with Crippen LogP contribution in [-0.2, 0) is 11.3 Å². The van der Waals surface area contributed by atoms with Gasteiger partial charge in [0.05, 0.1) is 12.1 Å². The Bertz CT molecular complexity index is 310. The predicted molar refractivity (Wildman–Crippen MR) is 57.9 cm³/mol. The van der Waals surface area contributed by atoms with Crippen LogP contribution in [-0.4, -0.2) is 28.7 Å². The third kappa shape index (κ3) is 3.29. The summed E-state index contributed by atoms with van der Waals surface area (Å²) in [4.78, 5) is 9.16. The number of anilines is 1. The molecule has 0 spiro atoms. The molecule has 0 atom stereocenters. The summed E-state index contributed by atoms with van der Waals surface area (Å²) >= 11 is 1.35. The second-order valence-corrected chi connectivity index (χ2v) is 3.44. The van der Waals surface area contributed by atoms with Gasteiger partial charge in [0.2, 0.25) is 5.13 Å². The number of aromatic nitrogens is 2. The highest BCUT2D eigenvalue weighted by Gasteiger charge is 2.03. The fourth-order valence-corrected chi connectivity index (χ4v) is 1.40. The maximum absolute atomic E-state index is 4.92. The van der Waals surface area contributed by atoms with E-state index in [-0.39, 0.29) is 0 Å². The van der Waals surface area contributed by atoms with Gasteiger partial charge in [0, 0.05) is 18.6 Å². The Labute approximate surface area is 87.4 Å². The monoisotopic (exact) mass is 214 g/mol. The lowest BCUT2D eigenvalue weighted by molar-refractivity contribution is 0.158. The normalized spacial score (nSPS) is 11.5. The molecule has 1 N–H and O–H groups in total. The van der Waals surface area contributed by atoms with Crippen LogP contribution in [0.15, 0.2) is 5.16 Å². The van der Waals surface area contributed by atoms with Gasteiger partial charge in [-0.05, 0) is 13.8 Å². The molecular weight excluding hydrogens is 200 g/mol. The van der Waals surface area contributed by atoms with E-state index in [4.69, 9.17) is 4.84 Å². The number of hydrogen-bond donors (Lipinski definition) is 1. The highest BCUT2D eigenvalue weighted by molar-refractivity contribution is 7.09. The summed E-state index contributed by atoms with van der Waals surface area (Å²) in [5, 5.41) is 7.65. The van der Waals surface area contributed by atoms with Crippen molar-refractivity contribution >= 4 is 22.4 Å². The lowest BCUT2D eigenvalue weighted by Crippen LogP contribution is -2.01. The van der Waals surface area contributed by atoms with Crippen molar-refractivity contribution in [1.82, 2.24) is 9.36 Å². The molecule has 1 heterocycles. The van der Waals surface area contributed by atoms with E-state index in [1.165, 1.54) is 11.5 Å². The topological polar surface area (TPSA) is 59.4 Å². The van der Waals surface area contributed by atoms with E-state index in [1.54, 1.807) is 0 Å². The Morgan fingerprint density at radius 1 is 1.64 bits per heavy atom. The molecular formula is C8H14N4OS. The second kappa shape index (κ2) is 5.54. The molecule has 0 aromatic carbocycles. The van der Waals surface area contributed by atoms with Crippen LogP contribution < -0.4 is 5.32 Å². The minimum Gasteiger partial charge on any atom is -0.396 e. The van der Waals surface area contributed by atoms with Crippen LogP contribution in [0.4, 0.5) is 5.13 Å². The van der Waals surface area contributed by atoms with Crippen LogP contribution in [0.5, 0.6) is 0 Å². The first kappa shape index (κ1) is 10.9. The highest BCUT2D eigenvalue weighted by Crippen LogP contribution is 2.10. The van der Waals surface area contributed by atoms with Gasteiger partial charge in [-0.1, -0.05) is 5.16 Å². The second-order valence-electron chi connectivity index (χ2n) is 2.69. The average Bonchev–Trinajstić information content (AvgIpc) is 2.62. The van der Waals surface area contributed by atoms with Gasteiger partial charge in [-0.2, -0.15) is 4.37 Å². The lowest BCUT2D eigenvalue weighted by atomic mass is 10.3. The van der Waals surface area contributed by atoms with Crippen LogP contribution in [0.3, 0.4) is 0 Å². The molecule has 0 unspecified atom stereocenters. The number of oxime groups is 1. The molecule has 6 heteroatoms. The van der Waals surface area contributed by atoms with E-state index in [0.29, 0.717) is 13.0 Å². The van der Waals surface area contributed by atoms with Crippen LogP contribution in [0.25, 0.3) is 0 Å². The molecule has 5 nitrogen and oxygen atoms in total. The first-order valence-electron chi connectivity index (χ1n) is 4.42. The van der Waals surface area contributed by atoms with Crippen molar-refractivity contribution < 1.29 is 4.84 Å². The number of nitrogens with one attached hydrogen (secondary N) is 1. The minimum absolute atomic E-state index is 0.587. The number of nitrogens with zero attached hydrogens (tertiary/aromatic N) is 3. The molecule has 1 rings (SSSR count). The molecule has 0 bridgehead atoms. The van der Waals surface area contributed by atoms with E-state index in [0.717, 1.165) is 16.7 Å². The minimum atomic E-state index is 0.587. The van der Waals surface area contributed by atoms with Gasteiger partial charge < -0.3 is 10.2 Å². The van der Waals surface area contributed by atoms with E-state index < -0.39 is 0 Å². The zero-order chi connectivity index (χ0) is 10.4. The summed E-state index contributed by atoms with van der Waals surface area (Å²) in [5.74, 6) is 0.778. The van der Waals surface area contributed by atoms with Crippen molar-refractivity contribution in [3.8, 4) is 0 Å². The SMILES string of the molecule is CCO/N=C(/C)Cc1nsc(NC)n1. The Kier molecular flexibility index (Phi) is 4.31. The average molecular weight is 214 g/mol. The third-order valence-corrected chi connectivity index (χ3v) is 2.22.